The summed E-state index contributed by atoms with van der Waals surface area (Å²) in [7, 11) is 0. The van der Waals surface area contributed by atoms with Gasteiger partial charge in [0, 0.05) is 47.2 Å². The number of hydrogen-bond acceptors (Lipinski definition) is 3. The average molecular weight is 466 g/mol. The predicted molar refractivity (Wildman–Crippen MR) is 136 cm³/mol. The number of fused-ring (bicyclic) bond motifs is 2. The molecular formula is C29H31N5O. The summed E-state index contributed by atoms with van der Waals surface area (Å²) in [5, 5.41) is 4.74. The monoisotopic (exact) mass is 465 g/mol. The van der Waals surface area contributed by atoms with Gasteiger partial charge in [-0.15, -0.1) is 0 Å². The van der Waals surface area contributed by atoms with E-state index in [1.807, 2.05) is 12.3 Å². The molecule has 1 fully saturated rings. The molecule has 1 saturated carbocycles. The number of pyridine rings is 1. The molecule has 3 heterocycles. The lowest BCUT2D eigenvalue weighted by Gasteiger charge is -2.23. The number of carbonyl (C=O) groups is 1. The number of nitrogens with zero attached hydrogens (tertiary/aromatic N) is 5. The van der Waals surface area contributed by atoms with Crippen molar-refractivity contribution in [1.29, 1.82) is 0 Å². The quantitative estimate of drug-likeness (QED) is 0.448. The Kier molecular flexibility index (Phi) is 5.44. The molecule has 0 bridgehead atoms. The molecule has 35 heavy (non-hydrogen) atoms. The summed E-state index contributed by atoms with van der Waals surface area (Å²) < 4.78 is 2.11. The SMILES string of the molecule is [C-]#[N+]CCN1Cc2ccc(-c3nc4c(cc3-c3cnn(CC5(C)CCCC5)c3)CCC4)cc2C1=O. The van der Waals surface area contributed by atoms with Crippen LogP contribution in [-0.4, -0.2) is 38.7 Å². The molecule has 0 saturated heterocycles. The molecule has 3 aliphatic rings. The van der Waals surface area contributed by atoms with Gasteiger partial charge in [-0.2, -0.15) is 5.10 Å². The van der Waals surface area contributed by atoms with Crippen LogP contribution >= 0.6 is 0 Å². The number of aryl methyl sites for hydroxylation is 2. The molecule has 178 valence electrons. The highest BCUT2D eigenvalue weighted by molar-refractivity contribution is 6.00. The third-order valence-electron chi connectivity index (χ3n) is 8.09. The maximum absolute atomic E-state index is 13.0. The molecule has 1 amide bonds. The second-order valence-electron chi connectivity index (χ2n) is 10.8. The molecule has 3 aromatic rings. The molecule has 2 aliphatic carbocycles. The minimum absolute atomic E-state index is 0.0193. The Morgan fingerprint density at radius 1 is 1.06 bits per heavy atom. The van der Waals surface area contributed by atoms with Gasteiger partial charge in [0.05, 0.1) is 18.4 Å². The summed E-state index contributed by atoms with van der Waals surface area (Å²) >= 11 is 0. The van der Waals surface area contributed by atoms with Crippen molar-refractivity contribution in [3.63, 3.8) is 0 Å². The zero-order valence-electron chi connectivity index (χ0n) is 20.4. The summed E-state index contributed by atoms with van der Waals surface area (Å²) in [5.41, 5.74) is 8.73. The topological polar surface area (TPSA) is 55.4 Å². The van der Waals surface area contributed by atoms with Crippen molar-refractivity contribution in [2.75, 3.05) is 13.1 Å². The Balaban J connectivity index is 1.37. The van der Waals surface area contributed by atoms with Gasteiger partial charge in [0.15, 0.2) is 0 Å². The van der Waals surface area contributed by atoms with Crippen molar-refractivity contribution in [1.82, 2.24) is 19.7 Å². The van der Waals surface area contributed by atoms with Gasteiger partial charge in [-0.1, -0.05) is 31.9 Å². The van der Waals surface area contributed by atoms with E-state index in [0.717, 1.165) is 59.3 Å². The van der Waals surface area contributed by atoms with E-state index in [4.69, 9.17) is 16.7 Å². The molecule has 1 aliphatic heterocycles. The molecule has 6 heteroatoms. The highest BCUT2D eigenvalue weighted by Gasteiger charge is 2.30. The fourth-order valence-electron chi connectivity index (χ4n) is 6.14. The van der Waals surface area contributed by atoms with Gasteiger partial charge in [0.1, 0.15) is 0 Å². The molecule has 6 nitrogen and oxygen atoms in total. The van der Waals surface area contributed by atoms with Gasteiger partial charge >= 0.3 is 0 Å². The highest BCUT2D eigenvalue weighted by Crippen LogP contribution is 2.40. The van der Waals surface area contributed by atoms with Gasteiger partial charge < -0.3 is 9.74 Å². The minimum Gasteiger partial charge on any atom is -0.327 e. The Morgan fingerprint density at radius 2 is 1.91 bits per heavy atom. The summed E-state index contributed by atoms with van der Waals surface area (Å²) in [6, 6.07) is 8.47. The van der Waals surface area contributed by atoms with Crippen LogP contribution in [-0.2, 0) is 25.9 Å². The van der Waals surface area contributed by atoms with Crippen molar-refractivity contribution >= 4 is 5.91 Å². The number of aromatic nitrogens is 3. The second kappa shape index (κ2) is 8.64. The molecule has 2 aromatic heterocycles. The van der Waals surface area contributed by atoms with Gasteiger partial charge in [-0.05, 0) is 60.8 Å². The van der Waals surface area contributed by atoms with Crippen molar-refractivity contribution in [2.24, 2.45) is 5.41 Å². The summed E-state index contributed by atoms with van der Waals surface area (Å²) in [6.07, 6.45) is 12.5. The lowest BCUT2D eigenvalue weighted by Crippen LogP contribution is -2.26. The van der Waals surface area contributed by atoms with Crippen LogP contribution in [0.1, 0.15) is 66.2 Å². The van der Waals surface area contributed by atoms with Gasteiger partial charge in [0.25, 0.3) is 5.91 Å². The molecule has 0 N–H and O–H groups in total. The lowest BCUT2D eigenvalue weighted by molar-refractivity contribution is 0.0786. The van der Waals surface area contributed by atoms with Crippen LogP contribution in [0.3, 0.4) is 0 Å². The number of carbonyl (C=O) groups excluding carboxylic acids is 1. The lowest BCUT2D eigenvalue weighted by atomic mass is 9.89. The molecule has 0 atom stereocenters. The molecule has 0 unspecified atom stereocenters. The van der Waals surface area contributed by atoms with Crippen LogP contribution in [0.4, 0.5) is 0 Å². The van der Waals surface area contributed by atoms with Crippen LogP contribution in [0.15, 0.2) is 36.7 Å². The zero-order chi connectivity index (χ0) is 24.0. The Hall–Kier alpha value is -3.46. The van der Waals surface area contributed by atoms with Crippen LogP contribution < -0.4 is 0 Å². The third-order valence-corrected chi connectivity index (χ3v) is 8.09. The van der Waals surface area contributed by atoms with Crippen molar-refractivity contribution in [3.8, 4) is 22.4 Å². The first-order valence-electron chi connectivity index (χ1n) is 12.8. The first-order valence-corrected chi connectivity index (χ1v) is 12.8. The second-order valence-corrected chi connectivity index (χ2v) is 10.8. The summed E-state index contributed by atoms with van der Waals surface area (Å²) in [4.78, 5) is 23.4. The number of hydrogen-bond donors (Lipinski definition) is 0. The Bertz CT molecular complexity index is 1340. The van der Waals surface area contributed by atoms with Gasteiger partial charge in [-0.25, -0.2) is 6.57 Å². The van der Waals surface area contributed by atoms with E-state index in [-0.39, 0.29) is 5.91 Å². The van der Waals surface area contributed by atoms with E-state index < -0.39 is 0 Å². The van der Waals surface area contributed by atoms with E-state index in [0.29, 0.717) is 25.0 Å². The van der Waals surface area contributed by atoms with Gasteiger partial charge in [-0.3, -0.25) is 14.5 Å². The largest absolute Gasteiger partial charge is 0.327 e. The Labute approximate surface area is 206 Å². The molecule has 6 rings (SSSR count). The summed E-state index contributed by atoms with van der Waals surface area (Å²) in [5.74, 6) is 0.0193. The van der Waals surface area contributed by atoms with Crippen LogP contribution in [0.25, 0.3) is 27.2 Å². The predicted octanol–water partition coefficient (Wildman–Crippen LogP) is 5.56. The maximum Gasteiger partial charge on any atom is 0.254 e. The number of rotatable bonds is 6. The van der Waals surface area contributed by atoms with Crippen LogP contribution in [0, 0.1) is 12.0 Å². The van der Waals surface area contributed by atoms with Crippen LogP contribution in [0.5, 0.6) is 0 Å². The maximum atomic E-state index is 13.0. The molecule has 1 aromatic carbocycles. The van der Waals surface area contributed by atoms with E-state index in [9.17, 15) is 4.79 Å². The fourth-order valence-corrected chi connectivity index (χ4v) is 6.14. The molecule has 0 spiro atoms. The van der Waals surface area contributed by atoms with E-state index >= 15 is 0 Å². The Morgan fingerprint density at radius 3 is 2.74 bits per heavy atom. The molecular weight excluding hydrogens is 434 g/mol. The zero-order valence-corrected chi connectivity index (χ0v) is 20.4. The fraction of sp³-hybridized carbons (Fsp3) is 0.448. The van der Waals surface area contributed by atoms with E-state index in [1.165, 1.54) is 36.9 Å². The van der Waals surface area contributed by atoms with Crippen molar-refractivity contribution in [2.45, 2.75) is 65.0 Å². The normalized spacial score (nSPS) is 18.1. The minimum atomic E-state index is 0.0193. The third kappa shape index (κ3) is 4.03. The first kappa shape index (κ1) is 22.0. The van der Waals surface area contributed by atoms with E-state index in [1.54, 1.807) is 4.90 Å². The van der Waals surface area contributed by atoms with Crippen LogP contribution in [0.2, 0.25) is 0 Å². The van der Waals surface area contributed by atoms with E-state index in [2.05, 4.69) is 40.8 Å². The standard InChI is InChI=1S/C29H31N5O/c1-29(10-3-4-11-29)19-34-18-23(16-31-34)24-14-20-6-5-7-26(20)32-27(24)21-8-9-22-17-33(13-12-30-2)28(35)25(22)15-21/h8-9,14-16,18H,3-7,10-13,17,19H2,1H3. The number of amides is 1. The highest BCUT2D eigenvalue weighted by atomic mass is 16.2. The molecule has 0 radical (unpaired) electrons. The van der Waals surface area contributed by atoms with Crippen molar-refractivity contribution in [3.05, 3.63) is 70.5 Å². The summed E-state index contributed by atoms with van der Waals surface area (Å²) in [6.45, 7) is 11.8. The first-order chi connectivity index (χ1) is 17.0. The average Bonchev–Trinajstić information content (AvgIpc) is 3.65. The van der Waals surface area contributed by atoms with Crippen molar-refractivity contribution < 1.29 is 4.79 Å². The number of benzene rings is 1. The van der Waals surface area contributed by atoms with Gasteiger partial charge in [0.2, 0.25) is 6.54 Å². The smallest absolute Gasteiger partial charge is 0.254 e.